The fourth-order valence-electron chi connectivity index (χ4n) is 2.07. The van der Waals surface area contributed by atoms with Crippen molar-refractivity contribution in [2.24, 2.45) is 0 Å². The van der Waals surface area contributed by atoms with E-state index in [1.807, 2.05) is 0 Å². The lowest BCUT2D eigenvalue weighted by Crippen LogP contribution is -2.06. The Morgan fingerprint density at radius 3 is 2.14 bits per heavy atom. The average Bonchev–Trinajstić information content (AvgIpc) is 2.76. The molecule has 0 unspecified atom stereocenters. The van der Waals surface area contributed by atoms with Gasteiger partial charge in [0.25, 0.3) is 0 Å². The first-order chi connectivity index (χ1) is 9.91. The molecule has 0 spiro atoms. The van der Waals surface area contributed by atoms with Crippen molar-refractivity contribution in [3.05, 3.63) is 58.1 Å². The molecule has 2 aromatic carbocycles. The summed E-state index contributed by atoms with van der Waals surface area (Å²) in [7, 11) is 0. The van der Waals surface area contributed by atoms with Crippen molar-refractivity contribution in [3.63, 3.8) is 0 Å². The third-order valence-corrected chi connectivity index (χ3v) is 3.26. The second-order valence-corrected chi connectivity index (χ2v) is 4.60. The van der Waals surface area contributed by atoms with Crippen LogP contribution in [-0.4, -0.2) is 9.55 Å². The van der Waals surface area contributed by atoms with Gasteiger partial charge in [-0.3, -0.25) is 4.57 Å². The van der Waals surface area contributed by atoms with Crippen LogP contribution in [0, 0.1) is 33.9 Å². The number of nitrogens with zero attached hydrogens (tertiary/aromatic N) is 1. The van der Waals surface area contributed by atoms with Crippen molar-refractivity contribution >= 4 is 23.3 Å². The minimum Gasteiger partial charge on any atom is -0.328 e. The topological polar surface area (TPSA) is 20.7 Å². The van der Waals surface area contributed by atoms with Gasteiger partial charge in [0.15, 0.2) is 28.0 Å². The first-order valence-electron chi connectivity index (χ1n) is 5.64. The van der Waals surface area contributed by atoms with Gasteiger partial charge in [-0.25, -0.2) is 22.0 Å². The van der Waals surface area contributed by atoms with Crippen molar-refractivity contribution in [1.29, 1.82) is 0 Å². The molecule has 8 heteroatoms. The smallest absolute Gasteiger partial charge is 0.186 e. The number of imidazole rings is 1. The number of benzene rings is 2. The van der Waals surface area contributed by atoms with Crippen LogP contribution in [0.25, 0.3) is 16.7 Å². The van der Waals surface area contributed by atoms with Crippen LogP contribution >= 0.6 is 12.2 Å². The Morgan fingerprint density at radius 1 is 0.905 bits per heavy atom. The highest BCUT2D eigenvalue weighted by molar-refractivity contribution is 7.71. The van der Waals surface area contributed by atoms with E-state index in [-0.39, 0.29) is 21.9 Å². The highest BCUT2D eigenvalue weighted by atomic mass is 32.1. The zero-order chi connectivity index (χ0) is 15.3. The van der Waals surface area contributed by atoms with Crippen LogP contribution in [0.2, 0.25) is 0 Å². The predicted molar refractivity (Wildman–Crippen MR) is 68.2 cm³/mol. The monoisotopic (exact) mass is 316 g/mol. The third kappa shape index (κ3) is 1.94. The molecule has 0 radical (unpaired) electrons. The summed E-state index contributed by atoms with van der Waals surface area (Å²) in [6.45, 7) is 0. The summed E-state index contributed by atoms with van der Waals surface area (Å²) in [6.07, 6.45) is 0. The maximum Gasteiger partial charge on any atom is 0.186 e. The van der Waals surface area contributed by atoms with Crippen molar-refractivity contribution < 1.29 is 22.0 Å². The number of halogens is 5. The van der Waals surface area contributed by atoms with Gasteiger partial charge < -0.3 is 4.98 Å². The Bertz CT molecular complexity index is 902. The molecule has 21 heavy (non-hydrogen) atoms. The molecule has 2 nitrogen and oxygen atoms in total. The van der Waals surface area contributed by atoms with Gasteiger partial charge in [-0.1, -0.05) is 6.07 Å². The van der Waals surface area contributed by atoms with E-state index >= 15 is 0 Å². The zero-order valence-corrected chi connectivity index (χ0v) is 10.9. The summed E-state index contributed by atoms with van der Waals surface area (Å²) < 4.78 is 68.4. The molecule has 0 saturated heterocycles. The molecule has 1 aromatic heterocycles. The molecule has 3 rings (SSSR count). The van der Waals surface area contributed by atoms with Crippen LogP contribution < -0.4 is 0 Å². The molecule has 0 amide bonds. The molecule has 3 aromatic rings. The normalized spacial score (nSPS) is 11.3. The van der Waals surface area contributed by atoms with Crippen LogP contribution in [0.5, 0.6) is 0 Å². The minimum absolute atomic E-state index is 0.0391. The molecule has 0 aliphatic rings. The number of aromatic amines is 1. The number of rotatable bonds is 1. The van der Waals surface area contributed by atoms with Gasteiger partial charge in [0, 0.05) is 6.07 Å². The maximum absolute atomic E-state index is 13.9. The number of H-pyrrole nitrogens is 1. The molecule has 0 aliphatic heterocycles. The number of aromatic nitrogens is 2. The van der Waals surface area contributed by atoms with E-state index in [0.717, 1.165) is 6.07 Å². The van der Waals surface area contributed by atoms with E-state index in [2.05, 4.69) is 4.98 Å². The van der Waals surface area contributed by atoms with Gasteiger partial charge in [0.1, 0.15) is 17.0 Å². The molecule has 0 fully saturated rings. The van der Waals surface area contributed by atoms with E-state index < -0.39 is 34.8 Å². The summed E-state index contributed by atoms with van der Waals surface area (Å²) >= 11 is 4.86. The highest BCUT2D eigenvalue weighted by Gasteiger charge is 2.23. The first-order valence-corrected chi connectivity index (χ1v) is 6.05. The van der Waals surface area contributed by atoms with Gasteiger partial charge >= 0.3 is 0 Å². The third-order valence-electron chi connectivity index (χ3n) is 2.98. The second kappa shape index (κ2) is 4.66. The summed E-state index contributed by atoms with van der Waals surface area (Å²) in [5, 5.41) is 0. The largest absolute Gasteiger partial charge is 0.328 e. The van der Waals surface area contributed by atoms with Crippen molar-refractivity contribution in [1.82, 2.24) is 9.55 Å². The summed E-state index contributed by atoms with van der Waals surface area (Å²) in [4.78, 5) is 2.41. The lowest BCUT2D eigenvalue weighted by atomic mass is 10.2. The lowest BCUT2D eigenvalue weighted by molar-refractivity contribution is 0.448. The molecule has 1 N–H and O–H groups in total. The highest BCUT2D eigenvalue weighted by Crippen LogP contribution is 2.28. The van der Waals surface area contributed by atoms with Gasteiger partial charge in [-0.2, -0.15) is 0 Å². The Balaban J connectivity index is 2.50. The van der Waals surface area contributed by atoms with E-state index in [4.69, 9.17) is 12.2 Å². The van der Waals surface area contributed by atoms with E-state index in [9.17, 15) is 22.0 Å². The zero-order valence-electron chi connectivity index (χ0n) is 10.1. The summed E-state index contributed by atoms with van der Waals surface area (Å²) in [5.74, 6) is -7.09. The number of hydrogen-bond donors (Lipinski definition) is 1. The average molecular weight is 316 g/mol. The summed E-state index contributed by atoms with van der Waals surface area (Å²) in [6, 6.07) is 3.79. The standard InChI is InChI=1S/C13H5F5N2S/c14-5-2-1-3-8-11(5)19-13(21)20(8)12-9(17)6(15)4-7(16)10(12)18/h1-4H,(H,19,21). The van der Waals surface area contributed by atoms with Gasteiger partial charge in [0.2, 0.25) is 0 Å². The van der Waals surface area contributed by atoms with Gasteiger partial charge in [-0.15, -0.1) is 0 Å². The summed E-state index contributed by atoms with van der Waals surface area (Å²) in [5.41, 5.74) is -1.19. The minimum atomic E-state index is -1.62. The second-order valence-electron chi connectivity index (χ2n) is 4.22. The Labute approximate surface area is 119 Å². The maximum atomic E-state index is 13.9. The Kier molecular flexibility index (Phi) is 3.05. The van der Waals surface area contributed by atoms with Crippen LogP contribution in [0.15, 0.2) is 24.3 Å². The lowest BCUT2D eigenvalue weighted by Gasteiger charge is -2.09. The number of para-hydroxylation sites is 1. The van der Waals surface area contributed by atoms with E-state index in [1.54, 1.807) is 0 Å². The number of hydrogen-bond acceptors (Lipinski definition) is 1. The molecule has 108 valence electrons. The van der Waals surface area contributed by atoms with E-state index in [0.29, 0.717) is 4.57 Å². The van der Waals surface area contributed by atoms with E-state index in [1.165, 1.54) is 12.1 Å². The molecule has 0 saturated carbocycles. The van der Waals surface area contributed by atoms with Crippen molar-refractivity contribution in [2.75, 3.05) is 0 Å². The fourth-order valence-corrected chi connectivity index (χ4v) is 2.37. The quantitative estimate of drug-likeness (QED) is 0.401. The Hall–Kier alpha value is -2.22. The van der Waals surface area contributed by atoms with Crippen LogP contribution in [0.1, 0.15) is 0 Å². The van der Waals surface area contributed by atoms with Crippen LogP contribution in [0.4, 0.5) is 22.0 Å². The molecule has 0 aliphatic carbocycles. The van der Waals surface area contributed by atoms with Crippen molar-refractivity contribution in [2.45, 2.75) is 0 Å². The molecule has 1 heterocycles. The van der Waals surface area contributed by atoms with Crippen molar-refractivity contribution in [3.8, 4) is 5.69 Å². The number of nitrogens with one attached hydrogen (secondary N) is 1. The van der Waals surface area contributed by atoms with Gasteiger partial charge in [-0.05, 0) is 24.4 Å². The first kappa shape index (κ1) is 13.7. The SMILES string of the molecule is Fc1cc(F)c(F)c(-n2c(=S)[nH]c3c(F)cccc32)c1F. The number of fused-ring (bicyclic) bond motifs is 1. The predicted octanol–water partition coefficient (Wildman–Crippen LogP) is 4.38. The molecular weight excluding hydrogens is 311 g/mol. The molecular formula is C13H5F5N2S. The fraction of sp³-hybridized carbons (Fsp3) is 0. The van der Waals surface area contributed by atoms with Crippen LogP contribution in [-0.2, 0) is 0 Å². The Morgan fingerprint density at radius 2 is 1.52 bits per heavy atom. The van der Waals surface area contributed by atoms with Crippen LogP contribution in [0.3, 0.4) is 0 Å². The molecule has 0 bridgehead atoms. The molecule has 0 atom stereocenters. The van der Waals surface area contributed by atoms with Gasteiger partial charge in [0.05, 0.1) is 5.52 Å².